The van der Waals surface area contributed by atoms with E-state index in [9.17, 15) is 9.18 Å². The highest BCUT2D eigenvalue weighted by Gasteiger charge is 2.24. The van der Waals surface area contributed by atoms with Crippen LogP contribution in [-0.2, 0) is 16.1 Å². The van der Waals surface area contributed by atoms with Gasteiger partial charge in [0.1, 0.15) is 23.9 Å². The Hall–Kier alpha value is -3.93. The molecule has 3 aromatic rings. The molecule has 0 aliphatic carbocycles. The van der Waals surface area contributed by atoms with Crippen LogP contribution in [0.25, 0.3) is 6.08 Å². The van der Waals surface area contributed by atoms with Crippen LogP contribution in [0.3, 0.4) is 0 Å². The number of methoxy groups -OCH3 is 1. The second-order valence-electron chi connectivity index (χ2n) is 6.55. The van der Waals surface area contributed by atoms with Crippen LogP contribution in [0.5, 0.6) is 11.5 Å². The molecule has 0 radical (unpaired) electrons. The first-order valence-corrected chi connectivity index (χ1v) is 9.25. The van der Waals surface area contributed by atoms with Crippen molar-refractivity contribution in [3.05, 3.63) is 101 Å². The van der Waals surface area contributed by atoms with Gasteiger partial charge in [0.2, 0.25) is 5.90 Å². The normalized spacial score (nSPS) is 14.4. The fraction of sp³-hybridized carbons (Fsp3) is 0.0833. The van der Waals surface area contributed by atoms with E-state index in [4.69, 9.17) is 14.2 Å². The molecule has 0 spiro atoms. The molecule has 150 valence electrons. The minimum absolute atomic E-state index is 0.205. The minimum atomic E-state index is -0.515. The van der Waals surface area contributed by atoms with E-state index in [2.05, 4.69) is 4.99 Å². The van der Waals surface area contributed by atoms with E-state index in [1.807, 2.05) is 18.2 Å². The summed E-state index contributed by atoms with van der Waals surface area (Å²) in [6, 6.07) is 20.5. The Balaban J connectivity index is 1.49. The van der Waals surface area contributed by atoms with Crippen LogP contribution in [0.1, 0.15) is 16.7 Å². The molecule has 0 amide bonds. The van der Waals surface area contributed by atoms with Crippen molar-refractivity contribution in [2.45, 2.75) is 6.61 Å². The van der Waals surface area contributed by atoms with E-state index in [0.717, 1.165) is 11.1 Å². The molecule has 4 rings (SSSR count). The molecule has 0 fully saturated rings. The second kappa shape index (κ2) is 8.61. The third kappa shape index (κ3) is 4.55. The Morgan fingerprint density at radius 1 is 1.00 bits per heavy atom. The number of carbonyl (C=O) groups excluding carboxylic acids is 1. The Morgan fingerprint density at radius 2 is 1.77 bits per heavy atom. The standard InChI is InChI=1S/C24H18FNO4/c1-28-20-11-7-18(8-12-20)23-26-22(24(27)30-23)14-17-3-2-4-21(13-17)29-15-16-5-9-19(25)10-6-16/h2-14H,15H2,1H3/b22-14+. The molecular formula is C24H18FNO4. The molecule has 0 saturated carbocycles. The zero-order valence-corrected chi connectivity index (χ0v) is 16.2. The van der Waals surface area contributed by atoms with Crippen molar-refractivity contribution >= 4 is 17.9 Å². The summed E-state index contributed by atoms with van der Waals surface area (Å²) in [5, 5.41) is 0. The van der Waals surface area contributed by atoms with Crippen LogP contribution in [0.15, 0.2) is 83.5 Å². The van der Waals surface area contributed by atoms with Crippen molar-refractivity contribution in [2.24, 2.45) is 4.99 Å². The maximum atomic E-state index is 13.0. The van der Waals surface area contributed by atoms with E-state index in [-0.39, 0.29) is 17.4 Å². The number of hydrogen-bond donors (Lipinski definition) is 0. The Bertz CT molecular complexity index is 1120. The number of nitrogens with zero attached hydrogens (tertiary/aromatic N) is 1. The minimum Gasteiger partial charge on any atom is -0.497 e. The SMILES string of the molecule is COc1ccc(C2=N/C(=C/c3cccc(OCc4ccc(F)cc4)c3)C(=O)O2)cc1. The van der Waals surface area contributed by atoms with Crippen LogP contribution >= 0.6 is 0 Å². The average Bonchev–Trinajstić information content (AvgIpc) is 3.14. The summed E-state index contributed by atoms with van der Waals surface area (Å²) >= 11 is 0. The number of cyclic esters (lactones) is 1. The lowest BCUT2D eigenvalue weighted by Crippen LogP contribution is -2.05. The average molecular weight is 403 g/mol. The predicted molar refractivity (Wildman–Crippen MR) is 111 cm³/mol. The van der Waals surface area contributed by atoms with Gasteiger partial charge in [-0.2, -0.15) is 0 Å². The number of ether oxygens (including phenoxy) is 3. The second-order valence-corrected chi connectivity index (χ2v) is 6.55. The van der Waals surface area contributed by atoms with Crippen LogP contribution in [0.2, 0.25) is 0 Å². The highest BCUT2D eigenvalue weighted by molar-refractivity contribution is 6.12. The molecule has 3 aromatic carbocycles. The fourth-order valence-corrected chi connectivity index (χ4v) is 2.87. The van der Waals surface area contributed by atoms with E-state index < -0.39 is 5.97 Å². The molecule has 30 heavy (non-hydrogen) atoms. The zero-order chi connectivity index (χ0) is 20.9. The van der Waals surface area contributed by atoms with Crippen molar-refractivity contribution in [3.8, 4) is 11.5 Å². The highest BCUT2D eigenvalue weighted by Crippen LogP contribution is 2.23. The smallest absolute Gasteiger partial charge is 0.363 e. The van der Waals surface area contributed by atoms with Crippen molar-refractivity contribution in [1.29, 1.82) is 0 Å². The van der Waals surface area contributed by atoms with Gasteiger partial charge in [-0.3, -0.25) is 0 Å². The summed E-state index contributed by atoms with van der Waals surface area (Å²) in [5.41, 5.74) is 2.49. The summed E-state index contributed by atoms with van der Waals surface area (Å²) in [4.78, 5) is 16.5. The van der Waals surface area contributed by atoms with Crippen molar-refractivity contribution in [3.63, 3.8) is 0 Å². The molecule has 6 heteroatoms. The lowest BCUT2D eigenvalue weighted by Gasteiger charge is -2.07. The van der Waals surface area contributed by atoms with Crippen molar-refractivity contribution in [2.75, 3.05) is 7.11 Å². The van der Waals surface area contributed by atoms with E-state index >= 15 is 0 Å². The molecule has 0 N–H and O–H groups in total. The molecule has 0 bridgehead atoms. The van der Waals surface area contributed by atoms with Gasteiger partial charge < -0.3 is 14.2 Å². The first-order valence-electron chi connectivity index (χ1n) is 9.25. The third-order valence-electron chi connectivity index (χ3n) is 4.44. The maximum absolute atomic E-state index is 13.0. The monoisotopic (exact) mass is 403 g/mol. The summed E-state index contributed by atoms with van der Waals surface area (Å²) < 4.78 is 29.2. The Kier molecular flexibility index (Phi) is 5.57. The first-order chi connectivity index (χ1) is 14.6. The number of halogens is 1. The highest BCUT2D eigenvalue weighted by atomic mass is 19.1. The number of esters is 1. The van der Waals surface area contributed by atoms with Gasteiger partial charge in [-0.15, -0.1) is 0 Å². The van der Waals surface area contributed by atoms with Crippen molar-refractivity contribution in [1.82, 2.24) is 0 Å². The molecule has 0 aromatic heterocycles. The summed E-state index contributed by atoms with van der Waals surface area (Å²) in [6.45, 7) is 0.308. The zero-order valence-electron chi connectivity index (χ0n) is 16.2. The van der Waals surface area contributed by atoms with Gasteiger partial charge in [0.25, 0.3) is 0 Å². The van der Waals surface area contributed by atoms with Gasteiger partial charge >= 0.3 is 5.97 Å². The lowest BCUT2D eigenvalue weighted by atomic mass is 10.2. The summed E-state index contributed by atoms with van der Waals surface area (Å²) in [5.74, 6) is 0.776. The maximum Gasteiger partial charge on any atom is 0.363 e. The summed E-state index contributed by atoms with van der Waals surface area (Å²) in [6.07, 6.45) is 1.64. The molecular weight excluding hydrogens is 385 g/mol. The Morgan fingerprint density at radius 3 is 2.50 bits per heavy atom. The molecule has 5 nitrogen and oxygen atoms in total. The number of carbonyl (C=O) groups is 1. The van der Waals surface area contributed by atoms with Gasteiger partial charge in [-0.1, -0.05) is 24.3 Å². The Labute approximate surface area is 173 Å². The number of aliphatic imine (C=N–C) groups is 1. The molecule has 0 unspecified atom stereocenters. The van der Waals surface area contributed by atoms with Gasteiger partial charge in [0, 0.05) is 5.56 Å². The number of rotatable bonds is 6. The predicted octanol–water partition coefficient (Wildman–Crippen LogP) is 4.76. The fourth-order valence-electron chi connectivity index (χ4n) is 2.87. The molecule has 0 atom stereocenters. The van der Waals surface area contributed by atoms with Crippen LogP contribution in [0, 0.1) is 5.82 Å². The van der Waals surface area contributed by atoms with Crippen LogP contribution in [-0.4, -0.2) is 19.0 Å². The lowest BCUT2D eigenvalue weighted by molar-refractivity contribution is -0.129. The molecule has 0 saturated heterocycles. The summed E-state index contributed by atoms with van der Waals surface area (Å²) in [7, 11) is 1.58. The van der Waals surface area contributed by atoms with Gasteiger partial charge in [-0.25, -0.2) is 14.2 Å². The number of benzene rings is 3. The topological polar surface area (TPSA) is 57.1 Å². The van der Waals surface area contributed by atoms with Gasteiger partial charge in [0.05, 0.1) is 7.11 Å². The molecule has 1 aliphatic rings. The van der Waals surface area contributed by atoms with Crippen molar-refractivity contribution < 1.29 is 23.4 Å². The van der Waals surface area contributed by atoms with Gasteiger partial charge in [-0.05, 0) is 65.7 Å². The van der Waals surface area contributed by atoms with E-state index in [1.54, 1.807) is 55.7 Å². The third-order valence-corrected chi connectivity index (χ3v) is 4.44. The first kappa shape index (κ1) is 19.4. The number of hydrogen-bond acceptors (Lipinski definition) is 5. The van der Waals surface area contributed by atoms with Gasteiger partial charge in [0.15, 0.2) is 5.70 Å². The van der Waals surface area contributed by atoms with Crippen LogP contribution < -0.4 is 9.47 Å². The van der Waals surface area contributed by atoms with E-state index in [0.29, 0.717) is 23.7 Å². The quantitative estimate of drug-likeness (QED) is 0.440. The van der Waals surface area contributed by atoms with Crippen LogP contribution in [0.4, 0.5) is 4.39 Å². The molecule has 1 heterocycles. The van der Waals surface area contributed by atoms with E-state index in [1.165, 1.54) is 12.1 Å². The largest absolute Gasteiger partial charge is 0.497 e. The molecule has 1 aliphatic heterocycles.